The van der Waals surface area contributed by atoms with Gasteiger partial charge in [-0.25, -0.2) is 0 Å². The number of rotatable bonds is 50. The van der Waals surface area contributed by atoms with Gasteiger partial charge in [0.2, 0.25) is 0 Å². The third-order valence-electron chi connectivity index (χ3n) is 11.6. The monoisotopic (exact) mass is 993 g/mol. The molecule has 0 fully saturated rings. The SMILES string of the molecule is CC/C=C\C/C=C\C/C=C\C/C=C\C/C=C\CCCCCC(=O)OCC(COC(=O)CCCCCCC/C=C\C/C=C\CCCCCC)OC(=O)CCCCC/C=C\C/C=C\C/C=C\C/C=C\C/C=C\CC. The molecule has 72 heavy (non-hydrogen) atoms. The summed E-state index contributed by atoms with van der Waals surface area (Å²) in [6, 6.07) is 0. The molecule has 6 nitrogen and oxygen atoms in total. The Balaban J connectivity index is 4.57. The first kappa shape index (κ1) is 67.3. The van der Waals surface area contributed by atoms with Gasteiger partial charge in [-0.15, -0.1) is 0 Å². The van der Waals surface area contributed by atoms with Crippen LogP contribution in [0.4, 0.5) is 0 Å². The van der Waals surface area contributed by atoms with Crippen molar-refractivity contribution in [2.75, 3.05) is 13.2 Å². The summed E-state index contributed by atoms with van der Waals surface area (Å²) in [6.07, 6.45) is 84.0. The van der Waals surface area contributed by atoms with E-state index in [2.05, 4.69) is 167 Å². The summed E-state index contributed by atoms with van der Waals surface area (Å²) in [7, 11) is 0. The molecule has 0 N–H and O–H groups in total. The Morgan fingerprint density at radius 3 is 0.861 bits per heavy atom. The number of allylic oxidation sites excluding steroid dienone is 24. The molecule has 0 spiro atoms. The molecule has 0 radical (unpaired) electrons. The summed E-state index contributed by atoms with van der Waals surface area (Å²) in [4.78, 5) is 38.2. The van der Waals surface area contributed by atoms with Crippen molar-refractivity contribution in [3.05, 3.63) is 146 Å². The maximum Gasteiger partial charge on any atom is 0.306 e. The number of carbonyl (C=O) groups is 3. The van der Waals surface area contributed by atoms with E-state index in [4.69, 9.17) is 14.2 Å². The summed E-state index contributed by atoms with van der Waals surface area (Å²) < 4.78 is 16.8. The van der Waals surface area contributed by atoms with Crippen molar-refractivity contribution in [1.29, 1.82) is 0 Å². The van der Waals surface area contributed by atoms with Crippen LogP contribution in [0.1, 0.15) is 233 Å². The molecule has 0 aliphatic rings. The molecular formula is C66H104O6. The minimum atomic E-state index is -0.823. The molecule has 0 amide bonds. The highest BCUT2D eigenvalue weighted by molar-refractivity contribution is 5.71. The summed E-state index contributed by atoms with van der Waals surface area (Å²) in [6.45, 7) is 6.31. The zero-order chi connectivity index (χ0) is 52.2. The minimum Gasteiger partial charge on any atom is -0.462 e. The van der Waals surface area contributed by atoms with E-state index in [-0.39, 0.29) is 37.5 Å². The normalized spacial score (nSPS) is 13.2. The number of hydrogen-bond acceptors (Lipinski definition) is 6. The third kappa shape index (κ3) is 56.2. The van der Waals surface area contributed by atoms with E-state index in [0.29, 0.717) is 19.3 Å². The smallest absolute Gasteiger partial charge is 0.306 e. The van der Waals surface area contributed by atoms with Crippen molar-refractivity contribution in [2.45, 2.75) is 239 Å². The summed E-state index contributed by atoms with van der Waals surface area (Å²) in [5.74, 6) is -1.000. The quantitative estimate of drug-likeness (QED) is 0.0261. The molecule has 0 saturated carbocycles. The van der Waals surface area contributed by atoms with Crippen LogP contribution in [0.25, 0.3) is 0 Å². The third-order valence-corrected chi connectivity index (χ3v) is 11.6. The van der Waals surface area contributed by atoms with Gasteiger partial charge in [0.1, 0.15) is 13.2 Å². The van der Waals surface area contributed by atoms with Gasteiger partial charge < -0.3 is 14.2 Å². The average Bonchev–Trinajstić information content (AvgIpc) is 3.38. The maximum absolute atomic E-state index is 12.9. The highest BCUT2D eigenvalue weighted by atomic mass is 16.6. The fourth-order valence-electron chi connectivity index (χ4n) is 7.29. The lowest BCUT2D eigenvalue weighted by Gasteiger charge is -2.18. The van der Waals surface area contributed by atoms with Crippen LogP contribution in [0.15, 0.2) is 146 Å². The maximum atomic E-state index is 12.9. The molecule has 0 aliphatic carbocycles. The summed E-state index contributed by atoms with van der Waals surface area (Å²) in [5.41, 5.74) is 0. The Hall–Kier alpha value is -4.71. The molecule has 0 aromatic carbocycles. The minimum absolute atomic E-state index is 0.116. The van der Waals surface area contributed by atoms with Gasteiger partial charge >= 0.3 is 17.9 Å². The first-order valence-electron chi connectivity index (χ1n) is 28.8. The molecule has 0 aromatic heterocycles. The van der Waals surface area contributed by atoms with E-state index in [1.807, 2.05) is 0 Å². The van der Waals surface area contributed by atoms with Crippen LogP contribution < -0.4 is 0 Å². The van der Waals surface area contributed by atoms with Crippen molar-refractivity contribution in [1.82, 2.24) is 0 Å². The molecule has 0 heterocycles. The van der Waals surface area contributed by atoms with E-state index in [9.17, 15) is 14.4 Å². The van der Waals surface area contributed by atoms with E-state index in [0.717, 1.165) is 154 Å². The predicted molar refractivity (Wildman–Crippen MR) is 311 cm³/mol. The van der Waals surface area contributed by atoms with Gasteiger partial charge in [0.15, 0.2) is 6.10 Å². The fourth-order valence-corrected chi connectivity index (χ4v) is 7.29. The molecular weight excluding hydrogens is 889 g/mol. The number of unbranched alkanes of at least 4 members (excludes halogenated alkanes) is 15. The lowest BCUT2D eigenvalue weighted by molar-refractivity contribution is -0.167. The van der Waals surface area contributed by atoms with Crippen LogP contribution in [0.3, 0.4) is 0 Å². The number of carbonyl (C=O) groups excluding carboxylic acids is 3. The molecule has 0 rings (SSSR count). The van der Waals surface area contributed by atoms with Crippen molar-refractivity contribution >= 4 is 17.9 Å². The lowest BCUT2D eigenvalue weighted by atomic mass is 10.1. The van der Waals surface area contributed by atoms with Gasteiger partial charge in [0, 0.05) is 19.3 Å². The van der Waals surface area contributed by atoms with Crippen molar-refractivity contribution < 1.29 is 28.6 Å². The molecule has 6 heteroatoms. The van der Waals surface area contributed by atoms with Gasteiger partial charge in [-0.3, -0.25) is 14.4 Å². The number of hydrogen-bond donors (Lipinski definition) is 0. The van der Waals surface area contributed by atoms with Crippen molar-refractivity contribution in [3.63, 3.8) is 0 Å². The standard InChI is InChI=1S/C66H104O6/c1-4-7-10-13-16-19-22-25-28-31-33-35-38-41-44-47-50-53-56-59-65(68)71-62-63(61-70-64(67)58-55-52-49-46-43-40-37-30-27-24-21-18-15-12-9-6-3)72-66(69)60-57-54-51-48-45-42-39-36-34-32-29-26-23-20-17-14-11-8-5-2/h7-8,10-11,16-17,19-21,24-26,28-30,33-37,41-42,44-45,63H,4-6,9,12-15,18,22-23,27,31-32,38-40,43,46-62H2,1-3H3/b10-7-,11-8-,19-16-,20-17-,24-21-,28-25-,29-26-,35-33-,36-34-,37-30-,44-41-,45-42-. The Labute approximate surface area is 442 Å². The molecule has 0 aliphatic heterocycles. The molecule has 0 saturated heterocycles. The summed E-state index contributed by atoms with van der Waals surface area (Å²) in [5, 5.41) is 0. The fraction of sp³-hybridized carbons (Fsp3) is 0.591. The Kier molecular flexibility index (Phi) is 55.0. The van der Waals surface area contributed by atoms with Gasteiger partial charge in [-0.05, 0) is 141 Å². The number of esters is 3. The molecule has 0 bridgehead atoms. The zero-order valence-electron chi connectivity index (χ0n) is 46.1. The topological polar surface area (TPSA) is 78.9 Å². The van der Waals surface area contributed by atoms with E-state index in [1.54, 1.807) is 0 Å². The van der Waals surface area contributed by atoms with Crippen LogP contribution in [-0.2, 0) is 28.6 Å². The molecule has 404 valence electrons. The predicted octanol–water partition coefficient (Wildman–Crippen LogP) is 19.6. The second kappa shape index (κ2) is 58.9. The van der Waals surface area contributed by atoms with Gasteiger partial charge in [0.05, 0.1) is 0 Å². The highest BCUT2D eigenvalue weighted by Crippen LogP contribution is 2.12. The highest BCUT2D eigenvalue weighted by Gasteiger charge is 2.19. The summed E-state index contributed by atoms with van der Waals surface area (Å²) >= 11 is 0. The van der Waals surface area contributed by atoms with Gasteiger partial charge in [0.25, 0.3) is 0 Å². The molecule has 1 atom stereocenters. The lowest BCUT2D eigenvalue weighted by Crippen LogP contribution is -2.30. The van der Waals surface area contributed by atoms with Crippen LogP contribution >= 0.6 is 0 Å². The second-order valence-corrected chi connectivity index (χ2v) is 18.4. The van der Waals surface area contributed by atoms with Gasteiger partial charge in [-0.2, -0.15) is 0 Å². The molecule has 0 aromatic rings. The Morgan fingerprint density at radius 2 is 0.542 bits per heavy atom. The largest absolute Gasteiger partial charge is 0.462 e. The van der Waals surface area contributed by atoms with E-state index < -0.39 is 6.10 Å². The van der Waals surface area contributed by atoms with Crippen LogP contribution in [0.5, 0.6) is 0 Å². The van der Waals surface area contributed by atoms with E-state index in [1.165, 1.54) is 32.1 Å². The van der Waals surface area contributed by atoms with Crippen LogP contribution in [-0.4, -0.2) is 37.2 Å². The first-order valence-corrected chi connectivity index (χ1v) is 28.8. The van der Waals surface area contributed by atoms with Crippen molar-refractivity contribution in [3.8, 4) is 0 Å². The van der Waals surface area contributed by atoms with Crippen LogP contribution in [0, 0.1) is 0 Å². The van der Waals surface area contributed by atoms with Crippen molar-refractivity contribution in [2.24, 2.45) is 0 Å². The average molecular weight is 994 g/mol. The number of ether oxygens (including phenoxy) is 3. The van der Waals surface area contributed by atoms with Gasteiger partial charge in [-0.1, -0.05) is 218 Å². The Bertz CT molecular complexity index is 1610. The zero-order valence-corrected chi connectivity index (χ0v) is 46.1. The van der Waals surface area contributed by atoms with Crippen LogP contribution in [0.2, 0.25) is 0 Å². The second-order valence-electron chi connectivity index (χ2n) is 18.4. The Morgan fingerprint density at radius 1 is 0.292 bits per heavy atom. The molecule has 1 unspecified atom stereocenters. The van der Waals surface area contributed by atoms with E-state index >= 15 is 0 Å². The first-order chi connectivity index (χ1) is 35.5.